The number of amides is 8. The second-order valence-corrected chi connectivity index (χ2v) is 18.6. The highest BCUT2D eigenvalue weighted by Crippen LogP contribution is 2.20. The molecule has 21 N–H and O–H groups in total. The zero-order valence-electron chi connectivity index (χ0n) is 42.0. The molecule has 1 unspecified atom stereocenters. The van der Waals surface area contributed by atoms with Crippen molar-refractivity contribution < 1.29 is 38.4 Å². The molecule has 8 amide bonds. The first-order valence-electron chi connectivity index (χ1n) is 24.7. The Morgan fingerprint density at radius 2 is 1.35 bits per heavy atom. The van der Waals surface area contributed by atoms with Crippen molar-refractivity contribution in [1.82, 2.24) is 58.2 Å². The lowest BCUT2D eigenvalue weighted by Crippen LogP contribution is -2.60. The molecule has 7 atom stereocenters. The van der Waals surface area contributed by atoms with E-state index in [1.165, 1.54) is 6.92 Å². The van der Waals surface area contributed by atoms with Gasteiger partial charge in [-0.15, -0.1) is 0 Å². The van der Waals surface area contributed by atoms with Gasteiger partial charge in [0.05, 0.1) is 6.04 Å². The van der Waals surface area contributed by atoms with Crippen molar-refractivity contribution in [2.24, 2.45) is 22.9 Å². The largest absolute Gasteiger partial charge is 0.401 e. The molecular weight excluding hydrogens is 990 g/mol. The lowest BCUT2D eigenvalue weighted by molar-refractivity contribution is -0.135. The van der Waals surface area contributed by atoms with Crippen LogP contribution in [0, 0.1) is 10.8 Å². The van der Waals surface area contributed by atoms with Gasteiger partial charge in [-0.3, -0.25) is 49.2 Å². The van der Waals surface area contributed by atoms with E-state index >= 15 is 0 Å². The highest BCUT2D eigenvalue weighted by atomic mass is 35.5. The van der Waals surface area contributed by atoms with Gasteiger partial charge in [0.2, 0.25) is 47.3 Å². The summed E-state index contributed by atoms with van der Waals surface area (Å²) in [5.74, 6) is -6.43. The van der Waals surface area contributed by atoms with Crippen molar-refractivity contribution in [3.8, 4) is 0 Å². The SMILES string of the molecule is C=C(N)C1CCCNC(=O)CC[C@H](NC(=O)[C@H](CCCNC(=N)N)NC(C)=O)C(=O)N[C@@H](CCN)C(=O)N[C@H](Cc2ccc(Cl)cc2)C(=O)N[C@@H](CCCNC(=N)N)C(=O)N[C@@H](Cc2c[nH]c3ccccc23)C(=O)N1. The fraction of sp³-hybridized carbons (Fsp3) is 0.469. The molecule has 3 aromatic rings. The highest BCUT2D eigenvalue weighted by molar-refractivity contribution is 6.30. The van der Waals surface area contributed by atoms with Crippen LogP contribution in [-0.2, 0) is 51.2 Å². The fourth-order valence-electron chi connectivity index (χ4n) is 8.22. The molecule has 1 aliphatic heterocycles. The van der Waals surface area contributed by atoms with Gasteiger partial charge in [-0.05, 0) is 87.2 Å². The summed E-state index contributed by atoms with van der Waals surface area (Å²) in [7, 11) is 0. The number of nitrogens with two attached hydrogens (primary N) is 4. The third-order valence-corrected chi connectivity index (χ3v) is 12.4. The van der Waals surface area contributed by atoms with Crippen LogP contribution in [0.1, 0.15) is 75.8 Å². The molecule has 2 aromatic carbocycles. The number of hydrogen-bond acceptors (Lipinski definition) is 12. The molecule has 4 rings (SSSR count). The molecule has 408 valence electrons. The van der Waals surface area contributed by atoms with E-state index in [9.17, 15) is 38.4 Å². The first kappa shape index (κ1) is 59.6. The Labute approximate surface area is 439 Å². The van der Waals surface area contributed by atoms with E-state index in [0.717, 1.165) is 10.9 Å². The van der Waals surface area contributed by atoms with Crippen molar-refractivity contribution in [2.45, 2.75) is 120 Å². The van der Waals surface area contributed by atoms with Crippen molar-refractivity contribution in [3.63, 3.8) is 0 Å². The number of aromatic nitrogens is 1. The number of rotatable bonds is 18. The quantitative estimate of drug-likeness (QED) is 0.0375. The molecule has 0 bridgehead atoms. The van der Waals surface area contributed by atoms with Crippen LogP contribution in [0.15, 0.2) is 67.0 Å². The number of H-pyrrole nitrogens is 1. The summed E-state index contributed by atoms with van der Waals surface area (Å²) < 4.78 is 0. The minimum atomic E-state index is -1.45. The molecule has 26 heteroatoms. The van der Waals surface area contributed by atoms with E-state index in [-0.39, 0.29) is 114 Å². The minimum Gasteiger partial charge on any atom is -0.401 e. The van der Waals surface area contributed by atoms with Gasteiger partial charge in [-0.1, -0.05) is 48.5 Å². The summed E-state index contributed by atoms with van der Waals surface area (Å²) in [6.45, 7) is 5.36. The maximum atomic E-state index is 14.6. The van der Waals surface area contributed by atoms with Crippen LogP contribution in [0.5, 0.6) is 0 Å². The zero-order chi connectivity index (χ0) is 55.0. The molecule has 1 fully saturated rings. The predicted molar refractivity (Wildman–Crippen MR) is 283 cm³/mol. The third kappa shape index (κ3) is 20.5. The average Bonchev–Trinajstić information content (AvgIpc) is 3.77. The number of guanidine groups is 2. The second kappa shape index (κ2) is 30.3. The number of nitrogens with one attached hydrogen (secondary N) is 13. The normalized spacial score (nSPS) is 21.1. The summed E-state index contributed by atoms with van der Waals surface area (Å²) in [5, 5.41) is 43.3. The van der Waals surface area contributed by atoms with Gasteiger partial charge in [-0.2, -0.15) is 0 Å². The molecule has 25 nitrogen and oxygen atoms in total. The number of para-hydroxylation sites is 1. The second-order valence-electron chi connectivity index (χ2n) is 18.2. The van der Waals surface area contributed by atoms with E-state index < -0.39 is 89.6 Å². The van der Waals surface area contributed by atoms with Crippen LogP contribution < -0.4 is 76.1 Å². The van der Waals surface area contributed by atoms with Crippen molar-refractivity contribution in [3.05, 3.63) is 83.2 Å². The average molecular weight is 1060 g/mol. The van der Waals surface area contributed by atoms with Crippen LogP contribution in [-0.4, -0.2) is 133 Å². The van der Waals surface area contributed by atoms with Gasteiger partial charge < -0.3 is 81.1 Å². The number of benzene rings is 2. The summed E-state index contributed by atoms with van der Waals surface area (Å²) in [5.41, 5.74) is 25.2. The number of hydrogen-bond donors (Lipinski definition) is 17. The van der Waals surface area contributed by atoms with Gasteiger partial charge >= 0.3 is 0 Å². The maximum Gasteiger partial charge on any atom is 0.243 e. The Morgan fingerprint density at radius 3 is 1.99 bits per heavy atom. The lowest BCUT2D eigenvalue weighted by atomic mass is 10.0. The summed E-state index contributed by atoms with van der Waals surface area (Å²) in [4.78, 5) is 115. The first-order valence-corrected chi connectivity index (χ1v) is 25.1. The smallest absolute Gasteiger partial charge is 0.243 e. The topological polar surface area (TPSA) is 424 Å². The van der Waals surface area contributed by atoms with Crippen LogP contribution in [0.3, 0.4) is 0 Å². The van der Waals surface area contributed by atoms with Gasteiger partial charge in [0.25, 0.3) is 0 Å². The standard InChI is InChI=1S/C49H72ClN17O8/c1-27(52)33-10-5-21-57-41(69)18-17-37(64-42(70)35(61-28(2)68)11-6-22-58-48(53)54)44(72)65-38(19-20-51)45(73)66-39(24-29-13-15-31(50)16-14-29)46(74)63-36(12-7-23-59-49(55)56)43(71)67-40(47(75)62-33)25-30-26-60-34-9-4-3-8-32(30)34/h3-4,8-9,13-16,26,33,35-40,60H,1,5-7,10-12,17-25,51-52H2,2H3,(H,57,69)(H,61,68)(H,62,75)(H,63,74)(H,64,70)(H,65,72)(H,66,73)(H,67,71)(H4,53,54,58)(H4,55,56,59)/t33?,35-,36-,37-,38-,39+,40-/m0/s1. The number of carbonyl (C=O) groups excluding carboxylic acids is 8. The Bertz CT molecular complexity index is 2510. The molecule has 1 aliphatic rings. The Morgan fingerprint density at radius 1 is 0.760 bits per heavy atom. The molecular formula is C49H72ClN17O8. The summed E-state index contributed by atoms with van der Waals surface area (Å²) >= 11 is 6.18. The van der Waals surface area contributed by atoms with Crippen molar-refractivity contribution in [1.29, 1.82) is 10.8 Å². The lowest BCUT2D eigenvalue weighted by Gasteiger charge is -2.28. The molecule has 0 aliphatic carbocycles. The van der Waals surface area contributed by atoms with E-state index in [0.29, 0.717) is 16.1 Å². The number of carbonyl (C=O) groups is 8. The molecule has 0 spiro atoms. The molecule has 75 heavy (non-hydrogen) atoms. The molecule has 1 aromatic heterocycles. The Kier molecular flexibility index (Phi) is 24.1. The monoisotopic (exact) mass is 1060 g/mol. The Balaban J connectivity index is 1.76. The number of fused-ring (bicyclic) bond motifs is 1. The van der Waals surface area contributed by atoms with Gasteiger partial charge in [0.15, 0.2) is 11.9 Å². The summed E-state index contributed by atoms with van der Waals surface area (Å²) in [6, 6.07) is 5.00. The Hall–Kier alpha value is -7.93. The number of halogens is 1. The molecule has 0 saturated carbocycles. The summed E-state index contributed by atoms with van der Waals surface area (Å²) in [6.07, 6.45) is 1.82. The third-order valence-electron chi connectivity index (χ3n) is 12.2. The maximum absolute atomic E-state index is 14.6. The van der Waals surface area contributed by atoms with E-state index in [2.05, 4.69) is 64.7 Å². The number of aromatic amines is 1. The minimum absolute atomic E-state index is 0.00851. The van der Waals surface area contributed by atoms with E-state index in [1.54, 1.807) is 30.5 Å². The van der Waals surface area contributed by atoms with E-state index in [1.807, 2.05) is 24.3 Å². The van der Waals surface area contributed by atoms with Crippen LogP contribution in [0.2, 0.25) is 5.02 Å². The zero-order valence-corrected chi connectivity index (χ0v) is 42.8. The van der Waals surface area contributed by atoms with Gasteiger partial charge in [-0.25, -0.2) is 0 Å². The predicted octanol–water partition coefficient (Wildman–Crippen LogP) is -1.94. The first-order chi connectivity index (χ1) is 35.7. The van der Waals surface area contributed by atoms with E-state index in [4.69, 9.17) is 45.4 Å². The molecule has 0 radical (unpaired) electrons. The van der Waals surface area contributed by atoms with Crippen LogP contribution >= 0.6 is 11.6 Å². The van der Waals surface area contributed by atoms with Gasteiger partial charge in [0.1, 0.15) is 36.3 Å². The van der Waals surface area contributed by atoms with Gasteiger partial charge in [0, 0.05) is 73.6 Å². The highest BCUT2D eigenvalue weighted by Gasteiger charge is 2.34. The van der Waals surface area contributed by atoms with Crippen molar-refractivity contribution in [2.75, 3.05) is 26.2 Å². The molecule has 1 saturated heterocycles. The fourth-order valence-corrected chi connectivity index (χ4v) is 8.35. The van der Waals surface area contributed by atoms with Crippen molar-refractivity contribution >= 4 is 81.7 Å². The van der Waals surface area contributed by atoms with Crippen LogP contribution in [0.4, 0.5) is 0 Å². The molecule has 2 heterocycles. The van der Waals surface area contributed by atoms with Crippen LogP contribution in [0.25, 0.3) is 10.9 Å².